The zero-order valence-corrected chi connectivity index (χ0v) is 10.8. The van der Waals surface area contributed by atoms with E-state index in [0.717, 1.165) is 17.7 Å². The number of hydrogen-bond donors (Lipinski definition) is 2. The molecule has 0 spiro atoms. The number of aliphatic hydroxyl groups excluding tert-OH is 1. The summed E-state index contributed by atoms with van der Waals surface area (Å²) >= 11 is 0. The van der Waals surface area contributed by atoms with E-state index in [1.54, 1.807) is 0 Å². The molecule has 1 atom stereocenters. The van der Waals surface area contributed by atoms with Gasteiger partial charge in [0.2, 0.25) is 0 Å². The lowest BCUT2D eigenvalue weighted by molar-refractivity contribution is 0.268. The Kier molecular flexibility index (Phi) is 4.95. The summed E-state index contributed by atoms with van der Waals surface area (Å²) in [4.78, 5) is 0. The van der Waals surface area contributed by atoms with Crippen molar-refractivity contribution >= 4 is 0 Å². The highest BCUT2D eigenvalue weighted by Crippen LogP contribution is 2.16. The van der Waals surface area contributed by atoms with Gasteiger partial charge in [-0.2, -0.15) is 0 Å². The molecule has 0 fully saturated rings. The van der Waals surface area contributed by atoms with Crippen molar-refractivity contribution in [1.29, 1.82) is 0 Å². The van der Waals surface area contributed by atoms with Gasteiger partial charge < -0.3 is 15.6 Å². The van der Waals surface area contributed by atoms with Crippen LogP contribution in [0, 0.1) is 0 Å². The highest BCUT2D eigenvalue weighted by molar-refractivity contribution is 5.29. The molecule has 0 unspecified atom stereocenters. The summed E-state index contributed by atoms with van der Waals surface area (Å²) in [6, 6.07) is 17.5. The molecule has 0 aliphatic rings. The Morgan fingerprint density at radius 1 is 1.00 bits per heavy atom. The second kappa shape index (κ2) is 6.92. The van der Waals surface area contributed by atoms with Gasteiger partial charge in [-0.05, 0) is 23.3 Å². The van der Waals surface area contributed by atoms with Crippen molar-refractivity contribution < 1.29 is 9.84 Å². The van der Waals surface area contributed by atoms with Crippen LogP contribution in [0.5, 0.6) is 5.75 Å². The topological polar surface area (TPSA) is 55.5 Å². The Morgan fingerprint density at radius 3 is 2.32 bits per heavy atom. The van der Waals surface area contributed by atoms with Gasteiger partial charge in [0, 0.05) is 6.42 Å². The summed E-state index contributed by atoms with van der Waals surface area (Å²) in [6.07, 6.45) is 0.888. The SMILES string of the molecule is N[C@H](CO)c1ccc(OCCc2ccccc2)cc1. The zero-order chi connectivity index (χ0) is 13.5. The minimum atomic E-state index is -0.321. The van der Waals surface area contributed by atoms with E-state index in [4.69, 9.17) is 15.6 Å². The van der Waals surface area contributed by atoms with Crippen LogP contribution in [-0.4, -0.2) is 18.3 Å². The maximum atomic E-state index is 8.97. The Labute approximate surface area is 113 Å². The molecule has 0 aliphatic carbocycles. The van der Waals surface area contributed by atoms with Crippen LogP contribution in [-0.2, 0) is 6.42 Å². The van der Waals surface area contributed by atoms with E-state index >= 15 is 0 Å². The number of rotatable bonds is 6. The van der Waals surface area contributed by atoms with E-state index in [-0.39, 0.29) is 12.6 Å². The van der Waals surface area contributed by atoms with Crippen LogP contribution >= 0.6 is 0 Å². The molecular formula is C16H19NO2. The maximum Gasteiger partial charge on any atom is 0.119 e. The number of benzene rings is 2. The fourth-order valence-electron chi connectivity index (χ4n) is 1.85. The van der Waals surface area contributed by atoms with E-state index in [9.17, 15) is 0 Å². The highest BCUT2D eigenvalue weighted by Gasteiger charge is 2.03. The summed E-state index contributed by atoms with van der Waals surface area (Å²) in [7, 11) is 0. The Bertz CT molecular complexity index is 482. The molecule has 0 radical (unpaired) electrons. The van der Waals surface area contributed by atoms with Crippen LogP contribution in [0.4, 0.5) is 0 Å². The molecule has 3 heteroatoms. The molecule has 3 nitrogen and oxygen atoms in total. The molecule has 2 aromatic carbocycles. The third-order valence-electron chi connectivity index (χ3n) is 3.01. The first-order valence-electron chi connectivity index (χ1n) is 6.42. The van der Waals surface area contributed by atoms with E-state index in [0.29, 0.717) is 6.61 Å². The van der Waals surface area contributed by atoms with Gasteiger partial charge in [-0.15, -0.1) is 0 Å². The first kappa shape index (κ1) is 13.6. The maximum absolute atomic E-state index is 8.97. The molecule has 2 rings (SSSR count). The lowest BCUT2D eigenvalue weighted by Crippen LogP contribution is -2.14. The quantitative estimate of drug-likeness (QED) is 0.835. The Morgan fingerprint density at radius 2 is 1.68 bits per heavy atom. The first-order valence-corrected chi connectivity index (χ1v) is 6.42. The van der Waals surface area contributed by atoms with Crippen molar-refractivity contribution in [1.82, 2.24) is 0 Å². The summed E-state index contributed by atoms with van der Waals surface area (Å²) in [5, 5.41) is 8.97. The summed E-state index contributed by atoms with van der Waals surface area (Å²) in [5.41, 5.74) is 7.91. The van der Waals surface area contributed by atoms with Gasteiger partial charge in [-0.25, -0.2) is 0 Å². The van der Waals surface area contributed by atoms with E-state index in [2.05, 4.69) is 12.1 Å². The minimum absolute atomic E-state index is 0.0474. The predicted molar refractivity (Wildman–Crippen MR) is 76.1 cm³/mol. The van der Waals surface area contributed by atoms with Gasteiger partial charge >= 0.3 is 0 Å². The minimum Gasteiger partial charge on any atom is -0.493 e. The third-order valence-corrected chi connectivity index (χ3v) is 3.01. The van der Waals surface area contributed by atoms with Gasteiger partial charge in [0.1, 0.15) is 5.75 Å². The van der Waals surface area contributed by atoms with Gasteiger partial charge in [0.25, 0.3) is 0 Å². The Hall–Kier alpha value is -1.84. The zero-order valence-electron chi connectivity index (χ0n) is 10.8. The van der Waals surface area contributed by atoms with Crippen molar-refractivity contribution in [2.45, 2.75) is 12.5 Å². The van der Waals surface area contributed by atoms with Gasteiger partial charge in [-0.3, -0.25) is 0 Å². The van der Waals surface area contributed by atoms with E-state index in [1.807, 2.05) is 42.5 Å². The number of ether oxygens (including phenoxy) is 1. The molecule has 0 bridgehead atoms. The van der Waals surface area contributed by atoms with Crippen LogP contribution in [0.3, 0.4) is 0 Å². The number of nitrogens with two attached hydrogens (primary N) is 1. The molecule has 100 valence electrons. The van der Waals surface area contributed by atoms with Crippen LogP contribution in [0.1, 0.15) is 17.2 Å². The van der Waals surface area contributed by atoms with Crippen molar-refractivity contribution in [2.24, 2.45) is 5.73 Å². The lowest BCUT2D eigenvalue weighted by atomic mass is 10.1. The smallest absolute Gasteiger partial charge is 0.119 e. The number of aliphatic hydroxyl groups is 1. The molecular weight excluding hydrogens is 238 g/mol. The lowest BCUT2D eigenvalue weighted by Gasteiger charge is -2.10. The van der Waals surface area contributed by atoms with Crippen LogP contribution in [0.25, 0.3) is 0 Å². The summed E-state index contributed by atoms with van der Waals surface area (Å²) in [5.74, 6) is 0.824. The third kappa shape index (κ3) is 4.09. The van der Waals surface area contributed by atoms with Crippen molar-refractivity contribution in [2.75, 3.05) is 13.2 Å². The van der Waals surface area contributed by atoms with Crippen molar-refractivity contribution in [3.8, 4) is 5.75 Å². The number of hydrogen-bond acceptors (Lipinski definition) is 3. The standard InChI is InChI=1S/C16H19NO2/c17-16(12-18)14-6-8-15(9-7-14)19-11-10-13-4-2-1-3-5-13/h1-9,16,18H,10-12,17H2/t16-/m1/s1. The fourth-order valence-corrected chi connectivity index (χ4v) is 1.85. The van der Waals surface area contributed by atoms with Crippen molar-refractivity contribution in [3.63, 3.8) is 0 Å². The highest BCUT2D eigenvalue weighted by atomic mass is 16.5. The normalized spacial score (nSPS) is 12.1. The molecule has 0 aromatic heterocycles. The monoisotopic (exact) mass is 257 g/mol. The molecule has 3 N–H and O–H groups in total. The van der Waals surface area contributed by atoms with Crippen molar-refractivity contribution in [3.05, 3.63) is 65.7 Å². The van der Waals surface area contributed by atoms with Gasteiger partial charge in [-0.1, -0.05) is 42.5 Å². The molecule has 0 saturated carbocycles. The molecule has 19 heavy (non-hydrogen) atoms. The average Bonchev–Trinajstić information content (AvgIpc) is 2.48. The second-order valence-corrected chi connectivity index (χ2v) is 4.44. The predicted octanol–water partition coefficient (Wildman–Crippen LogP) is 2.30. The second-order valence-electron chi connectivity index (χ2n) is 4.44. The molecule has 0 amide bonds. The summed E-state index contributed by atoms with van der Waals surface area (Å²) < 4.78 is 5.67. The summed E-state index contributed by atoms with van der Waals surface area (Å²) in [6.45, 7) is 0.601. The van der Waals surface area contributed by atoms with Gasteiger partial charge in [0.05, 0.1) is 19.3 Å². The first-order chi connectivity index (χ1) is 9.29. The van der Waals surface area contributed by atoms with E-state index < -0.39 is 0 Å². The molecule has 0 saturated heterocycles. The van der Waals surface area contributed by atoms with Crippen LogP contribution in [0.15, 0.2) is 54.6 Å². The van der Waals surface area contributed by atoms with Crippen LogP contribution < -0.4 is 10.5 Å². The Balaban J connectivity index is 1.83. The molecule has 0 aliphatic heterocycles. The van der Waals surface area contributed by atoms with E-state index in [1.165, 1.54) is 5.56 Å². The van der Waals surface area contributed by atoms with Crippen LogP contribution in [0.2, 0.25) is 0 Å². The molecule has 0 heterocycles. The molecule has 2 aromatic rings. The average molecular weight is 257 g/mol. The fraction of sp³-hybridized carbons (Fsp3) is 0.250. The largest absolute Gasteiger partial charge is 0.493 e. The van der Waals surface area contributed by atoms with Gasteiger partial charge in [0.15, 0.2) is 0 Å².